The number of piperidine rings is 1. The molecule has 3 nitrogen and oxygen atoms in total. The van der Waals surface area contributed by atoms with Gasteiger partial charge in [-0.25, -0.2) is 0 Å². The topological polar surface area (TPSA) is 32.5 Å². The van der Waals surface area contributed by atoms with Crippen LogP contribution in [0.4, 0.5) is 0 Å². The molecule has 4 heteroatoms. The van der Waals surface area contributed by atoms with Gasteiger partial charge in [0.05, 0.1) is 4.99 Å². The van der Waals surface area contributed by atoms with E-state index in [1.807, 2.05) is 0 Å². The molecule has 1 aliphatic rings. The number of nitrogens with zero attached hydrogens (tertiary/aromatic N) is 2. The van der Waals surface area contributed by atoms with Crippen molar-refractivity contribution < 1.29 is 0 Å². The van der Waals surface area contributed by atoms with Crippen LogP contribution in [0.15, 0.2) is 0 Å². The Morgan fingerprint density at radius 3 is 2.71 bits per heavy atom. The lowest BCUT2D eigenvalue weighted by molar-refractivity contribution is 0.127. The highest BCUT2D eigenvalue weighted by atomic mass is 32.1. The van der Waals surface area contributed by atoms with E-state index >= 15 is 0 Å². The molecule has 0 aromatic carbocycles. The summed E-state index contributed by atoms with van der Waals surface area (Å²) >= 11 is 5.11. The van der Waals surface area contributed by atoms with Crippen LogP contribution in [0.1, 0.15) is 33.1 Å². The molecular weight excluding hydrogens is 230 g/mol. The Hall–Kier alpha value is -0.190. The first-order chi connectivity index (χ1) is 7.83. The first-order valence-electron chi connectivity index (χ1n) is 6.51. The Labute approximate surface area is 111 Å². The molecule has 1 aliphatic heterocycles. The highest BCUT2D eigenvalue weighted by Crippen LogP contribution is 2.22. The molecule has 0 radical (unpaired) electrons. The molecule has 17 heavy (non-hydrogen) atoms. The first-order valence-corrected chi connectivity index (χ1v) is 6.92. The van der Waals surface area contributed by atoms with Gasteiger partial charge in [-0.1, -0.05) is 26.1 Å². The second kappa shape index (κ2) is 6.12. The third-order valence-electron chi connectivity index (χ3n) is 3.98. The molecule has 0 spiro atoms. The Balaban J connectivity index is 2.38. The summed E-state index contributed by atoms with van der Waals surface area (Å²) in [6.07, 6.45) is 3.66. The number of nitrogens with two attached hydrogens (primary N) is 1. The quantitative estimate of drug-likeness (QED) is 0.760. The van der Waals surface area contributed by atoms with Crippen LogP contribution in [0.3, 0.4) is 0 Å². The maximum Gasteiger partial charge on any atom is 0.0784 e. The molecule has 0 bridgehead atoms. The van der Waals surface area contributed by atoms with Gasteiger partial charge in [-0.15, -0.1) is 0 Å². The molecule has 1 atom stereocenters. The van der Waals surface area contributed by atoms with E-state index in [4.69, 9.17) is 18.0 Å². The summed E-state index contributed by atoms with van der Waals surface area (Å²) in [7, 11) is 4.43. The highest BCUT2D eigenvalue weighted by Gasteiger charge is 2.25. The molecule has 100 valence electrons. The fourth-order valence-electron chi connectivity index (χ4n) is 2.26. The molecule has 1 fully saturated rings. The maximum absolute atomic E-state index is 5.76. The summed E-state index contributed by atoms with van der Waals surface area (Å²) in [5.74, 6) is 0. The number of thiocarbonyl (C=S) groups is 1. The highest BCUT2D eigenvalue weighted by molar-refractivity contribution is 7.80. The van der Waals surface area contributed by atoms with Crippen LogP contribution in [0, 0.1) is 5.41 Å². The maximum atomic E-state index is 5.76. The van der Waals surface area contributed by atoms with Crippen molar-refractivity contribution in [1.29, 1.82) is 0 Å². The van der Waals surface area contributed by atoms with Gasteiger partial charge in [-0.2, -0.15) is 0 Å². The van der Waals surface area contributed by atoms with E-state index in [-0.39, 0.29) is 5.41 Å². The lowest BCUT2D eigenvalue weighted by atomic mass is 9.89. The fraction of sp³-hybridized carbons (Fsp3) is 0.923. The van der Waals surface area contributed by atoms with Gasteiger partial charge in [0, 0.05) is 18.0 Å². The van der Waals surface area contributed by atoms with Crippen LogP contribution in [-0.4, -0.2) is 54.6 Å². The van der Waals surface area contributed by atoms with Crippen LogP contribution in [0.25, 0.3) is 0 Å². The number of hydrogen-bond donors (Lipinski definition) is 1. The standard InChI is InChI=1S/C13H27N3S/c1-13(2,12(14)17)7-9-16(4)11-6-5-8-15(3)10-11/h11H,5-10H2,1-4H3,(H2,14,17). The normalized spacial score (nSPS) is 23.0. The van der Waals surface area contributed by atoms with Gasteiger partial charge in [0.1, 0.15) is 0 Å². The first kappa shape index (κ1) is 14.9. The van der Waals surface area contributed by atoms with Gasteiger partial charge in [0.2, 0.25) is 0 Å². The zero-order chi connectivity index (χ0) is 13.1. The second-order valence-corrected chi connectivity index (χ2v) is 6.48. The van der Waals surface area contributed by atoms with E-state index in [2.05, 4.69) is 37.7 Å². The zero-order valence-electron chi connectivity index (χ0n) is 11.7. The zero-order valence-corrected chi connectivity index (χ0v) is 12.5. The lowest BCUT2D eigenvalue weighted by Crippen LogP contribution is -2.46. The van der Waals surface area contributed by atoms with Gasteiger partial charge >= 0.3 is 0 Å². The minimum absolute atomic E-state index is 0.0236. The van der Waals surface area contributed by atoms with Gasteiger partial charge in [0.15, 0.2) is 0 Å². The average Bonchev–Trinajstić information content (AvgIpc) is 2.25. The van der Waals surface area contributed by atoms with Gasteiger partial charge in [-0.05, 0) is 46.4 Å². The summed E-state index contributed by atoms with van der Waals surface area (Å²) in [6.45, 7) is 7.77. The smallest absolute Gasteiger partial charge is 0.0784 e. The summed E-state index contributed by atoms with van der Waals surface area (Å²) < 4.78 is 0. The van der Waals surface area contributed by atoms with Gasteiger partial charge in [0.25, 0.3) is 0 Å². The number of rotatable bonds is 5. The summed E-state index contributed by atoms with van der Waals surface area (Å²) in [6, 6.07) is 0.691. The predicted molar refractivity (Wildman–Crippen MR) is 78.3 cm³/mol. The molecule has 1 unspecified atom stereocenters. The minimum Gasteiger partial charge on any atom is -0.393 e. The van der Waals surface area contributed by atoms with Crippen LogP contribution in [-0.2, 0) is 0 Å². The van der Waals surface area contributed by atoms with Crippen molar-refractivity contribution in [2.24, 2.45) is 11.1 Å². The molecule has 0 aromatic heterocycles. The van der Waals surface area contributed by atoms with Crippen molar-refractivity contribution >= 4 is 17.2 Å². The van der Waals surface area contributed by atoms with Crippen molar-refractivity contribution in [1.82, 2.24) is 9.80 Å². The van der Waals surface area contributed by atoms with E-state index in [0.29, 0.717) is 11.0 Å². The molecule has 2 N–H and O–H groups in total. The van der Waals surface area contributed by atoms with Gasteiger partial charge < -0.3 is 15.5 Å². The summed E-state index contributed by atoms with van der Waals surface area (Å²) in [5, 5.41) is 0. The second-order valence-electron chi connectivity index (χ2n) is 6.04. The van der Waals surface area contributed by atoms with Gasteiger partial charge in [-0.3, -0.25) is 0 Å². The van der Waals surface area contributed by atoms with Crippen molar-refractivity contribution in [3.8, 4) is 0 Å². The van der Waals surface area contributed by atoms with Crippen molar-refractivity contribution in [2.45, 2.75) is 39.2 Å². The number of likely N-dealkylation sites (tertiary alicyclic amines) is 1. The summed E-state index contributed by atoms with van der Waals surface area (Å²) in [5.41, 5.74) is 5.74. The monoisotopic (exact) mass is 257 g/mol. The number of hydrogen-bond acceptors (Lipinski definition) is 3. The summed E-state index contributed by atoms with van der Waals surface area (Å²) in [4.78, 5) is 5.52. The largest absolute Gasteiger partial charge is 0.393 e. The third-order valence-corrected chi connectivity index (χ3v) is 4.53. The van der Waals surface area contributed by atoms with E-state index in [1.165, 1.54) is 25.9 Å². The predicted octanol–water partition coefficient (Wildman–Crippen LogP) is 1.71. The van der Waals surface area contributed by atoms with Crippen LogP contribution >= 0.6 is 12.2 Å². The van der Waals surface area contributed by atoms with Crippen molar-refractivity contribution in [3.63, 3.8) is 0 Å². The fourth-order valence-corrected chi connectivity index (χ4v) is 2.36. The van der Waals surface area contributed by atoms with E-state index in [0.717, 1.165) is 13.0 Å². The Bertz CT molecular complexity index is 265. The number of likely N-dealkylation sites (N-methyl/N-ethyl adjacent to an activating group) is 2. The Morgan fingerprint density at radius 2 is 2.18 bits per heavy atom. The SMILES string of the molecule is CN1CCCC(N(C)CCC(C)(C)C(N)=S)C1. The molecule has 1 heterocycles. The van der Waals surface area contributed by atoms with Crippen molar-refractivity contribution in [3.05, 3.63) is 0 Å². The van der Waals surface area contributed by atoms with Crippen LogP contribution in [0.2, 0.25) is 0 Å². The van der Waals surface area contributed by atoms with E-state index < -0.39 is 0 Å². The molecule has 0 aromatic rings. The molecule has 0 aliphatic carbocycles. The Morgan fingerprint density at radius 1 is 1.53 bits per heavy atom. The Kier molecular flexibility index (Phi) is 5.35. The van der Waals surface area contributed by atoms with E-state index in [9.17, 15) is 0 Å². The molecule has 1 saturated heterocycles. The molecular formula is C13H27N3S. The average molecular weight is 257 g/mol. The third kappa shape index (κ3) is 4.53. The van der Waals surface area contributed by atoms with Crippen molar-refractivity contribution in [2.75, 3.05) is 33.7 Å². The van der Waals surface area contributed by atoms with Crippen LogP contribution < -0.4 is 5.73 Å². The van der Waals surface area contributed by atoms with E-state index in [1.54, 1.807) is 0 Å². The molecule has 0 amide bonds. The molecule has 0 saturated carbocycles. The molecule has 1 rings (SSSR count). The van der Waals surface area contributed by atoms with Crippen LogP contribution in [0.5, 0.6) is 0 Å². The lowest BCUT2D eigenvalue weighted by Gasteiger charge is -2.37. The minimum atomic E-state index is -0.0236.